The molecule has 1 aromatic carbocycles. The molecular formula is C18H24ClIN4O. The van der Waals surface area contributed by atoms with E-state index in [2.05, 4.69) is 32.7 Å². The molecule has 0 amide bonds. The fourth-order valence-electron chi connectivity index (χ4n) is 2.22. The van der Waals surface area contributed by atoms with Crippen LogP contribution in [0.4, 0.5) is 0 Å². The zero-order valence-corrected chi connectivity index (χ0v) is 17.5. The maximum atomic E-state index is 5.78. The Balaban J connectivity index is 0.00000312. The van der Waals surface area contributed by atoms with Crippen molar-refractivity contribution in [3.8, 4) is 5.75 Å². The second kappa shape index (κ2) is 11.9. The SMILES string of the molecule is CN=C(NCCc1ccc(OC)cc1)NCCc1ccc(Cl)nc1.I. The molecule has 7 heteroatoms. The molecule has 0 unspecified atom stereocenters. The van der Waals surface area contributed by atoms with E-state index in [-0.39, 0.29) is 24.0 Å². The van der Waals surface area contributed by atoms with Gasteiger partial charge in [-0.25, -0.2) is 4.98 Å². The number of ether oxygens (including phenoxy) is 1. The molecule has 0 atom stereocenters. The topological polar surface area (TPSA) is 58.5 Å². The van der Waals surface area contributed by atoms with Crippen LogP contribution >= 0.6 is 35.6 Å². The minimum atomic E-state index is 0. The van der Waals surface area contributed by atoms with Gasteiger partial charge < -0.3 is 15.4 Å². The van der Waals surface area contributed by atoms with Gasteiger partial charge >= 0.3 is 0 Å². The second-order valence-corrected chi connectivity index (χ2v) is 5.65. The molecule has 0 spiro atoms. The zero-order chi connectivity index (χ0) is 17.2. The predicted molar refractivity (Wildman–Crippen MR) is 114 cm³/mol. The molecular weight excluding hydrogens is 451 g/mol. The molecule has 1 heterocycles. The molecule has 1 aromatic heterocycles. The highest BCUT2D eigenvalue weighted by atomic mass is 127. The van der Waals surface area contributed by atoms with Crippen molar-refractivity contribution in [3.05, 3.63) is 58.9 Å². The van der Waals surface area contributed by atoms with Gasteiger partial charge in [0.25, 0.3) is 0 Å². The van der Waals surface area contributed by atoms with Crippen molar-refractivity contribution in [1.82, 2.24) is 15.6 Å². The summed E-state index contributed by atoms with van der Waals surface area (Å²) in [6.07, 6.45) is 3.58. The van der Waals surface area contributed by atoms with Gasteiger partial charge in [0.05, 0.1) is 7.11 Å². The first-order chi connectivity index (χ1) is 11.7. The van der Waals surface area contributed by atoms with E-state index in [0.29, 0.717) is 5.15 Å². The molecule has 2 aromatic rings. The number of rotatable bonds is 7. The average molecular weight is 475 g/mol. The minimum absolute atomic E-state index is 0. The summed E-state index contributed by atoms with van der Waals surface area (Å²) in [6.45, 7) is 1.60. The molecule has 136 valence electrons. The molecule has 5 nitrogen and oxygen atoms in total. The summed E-state index contributed by atoms with van der Waals surface area (Å²) >= 11 is 5.78. The van der Waals surface area contributed by atoms with Crippen molar-refractivity contribution in [2.75, 3.05) is 27.2 Å². The number of hydrogen-bond donors (Lipinski definition) is 2. The number of nitrogens with zero attached hydrogens (tertiary/aromatic N) is 2. The van der Waals surface area contributed by atoms with Crippen LogP contribution in [-0.4, -0.2) is 38.2 Å². The quantitative estimate of drug-likeness (QED) is 0.280. The Hall–Kier alpha value is -1.54. The summed E-state index contributed by atoms with van der Waals surface area (Å²) < 4.78 is 5.16. The highest BCUT2D eigenvalue weighted by Gasteiger charge is 2.00. The predicted octanol–water partition coefficient (Wildman–Crippen LogP) is 3.31. The van der Waals surface area contributed by atoms with E-state index < -0.39 is 0 Å². The number of halogens is 2. The van der Waals surface area contributed by atoms with Gasteiger partial charge in [-0.1, -0.05) is 29.8 Å². The molecule has 0 fully saturated rings. The van der Waals surface area contributed by atoms with Crippen LogP contribution in [0.25, 0.3) is 0 Å². The fourth-order valence-corrected chi connectivity index (χ4v) is 2.33. The van der Waals surface area contributed by atoms with E-state index in [4.69, 9.17) is 16.3 Å². The van der Waals surface area contributed by atoms with Gasteiger partial charge in [0.1, 0.15) is 10.9 Å². The number of aromatic nitrogens is 1. The lowest BCUT2D eigenvalue weighted by Gasteiger charge is -2.12. The van der Waals surface area contributed by atoms with E-state index in [1.54, 1.807) is 26.4 Å². The van der Waals surface area contributed by atoms with E-state index in [9.17, 15) is 0 Å². The molecule has 0 radical (unpaired) electrons. The van der Waals surface area contributed by atoms with E-state index in [1.165, 1.54) is 5.56 Å². The maximum absolute atomic E-state index is 5.78. The number of nitrogens with one attached hydrogen (secondary N) is 2. The standard InChI is InChI=1S/C18H23ClN4O.HI/c1-20-18(22-12-10-15-5-8-17(19)23-13-15)21-11-9-14-3-6-16(24-2)7-4-14;/h3-8,13H,9-12H2,1-2H3,(H2,20,21,22);1H. The van der Waals surface area contributed by atoms with E-state index in [1.807, 2.05) is 18.2 Å². The number of aliphatic imine (C=N–C) groups is 1. The summed E-state index contributed by atoms with van der Waals surface area (Å²) in [5.74, 6) is 1.67. The molecule has 0 bridgehead atoms. The van der Waals surface area contributed by atoms with Crippen LogP contribution in [0.2, 0.25) is 5.15 Å². The van der Waals surface area contributed by atoms with Crippen molar-refractivity contribution in [1.29, 1.82) is 0 Å². The molecule has 2 N–H and O–H groups in total. The molecule has 0 saturated carbocycles. The Morgan fingerprint density at radius 3 is 2.16 bits per heavy atom. The molecule has 2 rings (SSSR count). The lowest BCUT2D eigenvalue weighted by atomic mass is 10.1. The van der Waals surface area contributed by atoms with Gasteiger partial charge in [-0.15, -0.1) is 24.0 Å². The summed E-state index contributed by atoms with van der Waals surface area (Å²) in [6, 6.07) is 11.9. The number of hydrogen-bond acceptors (Lipinski definition) is 3. The maximum Gasteiger partial charge on any atom is 0.190 e. The van der Waals surface area contributed by atoms with Crippen molar-refractivity contribution >= 4 is 41.5 Å². The number of methoxy groups -OCH3 is 1. The Labute approximate surface area is 171 Å². The third-order valence-corrected chi connectivity index (χ3v) is 3.81. The van der Waals surface area contributed by atoms with Crippen LogP contribution in [0.3, 0.4) is 0 Å². The van der Waals surface area contributed by atoms with Gasteiger partial charge in [0.15, 0.2) is 5.96 Å². The number of guanidine groups is 1. The smallest absolute Gasteiger partial charge is 0.190 e. The lowest BCUT2D eigenvalue weighted by Crippen LogP contribution is -2.39. The summed E-state index contributed by atoms with van der Waals surface area (Å²) in [5.41, 5.74) is 2.39. The monoisotopic (exact) mass is 474 g/mol. The van der Waals surface area contributed by atoms with Gasteiger partial charge in [-0.05, 0) is 42.2 Å². The summed E-state index contributed by atoms with van der Waals surface area (Å²) in [5, 5.41) is 7.12. The summed E-state index contributed by atoms with van der Waals surface area (Å²) in [4.78, 5) is 8.30. The first-order valence-electron chi connectivity index (χ1n) is 7.89. The van der Waals surface area contributed by atoms with Crippen molar-refractivity contribution < 1.29 is 4.74 Å². The van der Waals surface area contributed by atoms with Crippen molar-refractivity contribution in [2.24, 2.45) is 4.99 Å². The third kappa shape index (κ3) is 7.92. The Kier molecular flexibility index (Phi) is 10.3. The molecule has 0 saturated heterocycles. The largest absolute Gasteiger partial charge is 0.497 e. The first kappa shape index (κ1) is 21.5. The minimum Gasteiger partial charge on any atom is -0.497 e. The van der Waals surface area contributed by atoms with Crippen molar-refractivity contribution in [2.45, 2.75) is 12.8 Å². The van der Waals surface area contributed by atoms with Gasteiger partial charge in [-0.2, -0.15) is 0 Å². The third-order valence-electron chi connectivity index (χ3n) is 3.58. The van der Waals surface area contributed by atoms with Crippen LogP contribution in [0.5, 0.6) is 5.75 Å². The Morgan fingerprint density at radius 1 is 1.04 bits per heavy atom. The Morgan fingerprint density at radius 2 is 1.64 bits per heavy atom. The fraction of sp³-hybridized carbons (Fsp3) is 0.333. The van der Waals surface area contributed by atoms with Crippen LogP contribution in [-0.2, 0) is 12.8 Å². The number of pyridine rings is 1. The van der Waals surface area contributed by atoms with Crippen LogP contribution in [0.15, 0.2) is 47.6 Å². The average Bonchev–Trinajstić information content (AvgIpc) is 2.62. The highest BCUT2D eigenvalue weighted by molar-refractivity contribution is 14.0. The lowest BCUT2D eigenvalue weighted by molar-refractivity contribution is 0.414. The zero-order valence-electron chi connectivity index (χ0n) is 14.5. The van der Waals surface area contributed by atoms with Gasteiger partial charge in [0, 0.05) is 26.3 Å². The van der Waals surface area contributed by atoms with Crippen LogP contribution < -0.4 is 15.4 Å². The van der Waals surface area contributed by atoms with Gasteiger partial charge in [0.2, 0.25) is 0 Å². The molecule has 0 aliphatic carbocycles. The second-order valence-electron chi connectivity index (χ2n) is 5.26. The van der Waals surface area contributed by atoms with Gasteiger partial charge in [-0.3, -0.25) is 4.99 Å². The number of benzene rings is 1. The highest BCUT2D eigenvalue weighted by Crippen LogP contribution is 2.11. The van der Waals surface area contributed by atoms with E-state index >= 15 is 0 Å². The first-order valence-corrected chi connectivity index (χ1v) is 8.27. The van der Waals surface area contributed by atoms with E-state index in [0.717, 1.165) is 43.2 Å². The van der Waals surface area contributed by atoms with Crippen LogP contribution in [0.1, 0.15) is 11.1 Å². The van der Waals surface area contributed by atoms with Crippen molar-refractivity contribution in [3.63, 3.8) is 0 Å². The molecule has 0 aliphatic rings. The normalized spacial score (nSPS) is 10.8. The summed E-state index contributed by atoms with van der Waals surface area (Å²) in [7, 11) is 3.44. The van der Waals surface area contributed by atoms with Crippen LogP contribution in [0, 0.1) is 0 Å². The molecule has 25 heavy (non-hydrogen) atoms. The molecule has 0 aliphatic heterocycles. The Bertz CT molecular complexity index is 647.